The minimum atomic E-state index is -3.80. The van der Waals surface area contributed by atoms with Gasteiger partial charge in [0.05, 0.1) is 23.7 Å². The maximum Gasteiger partial charge on any atom is 0.241 e. The summed E-state index contributed by atoms with van der Waals surface area (Å²) in [5, 5.41) is 8.63. The Bertz CT molecular complexity index is 1130. The standard InChI is InChI=1S/C19H18ClN5O3S/c20-15-7-4-8-17(9-15)29(27,28)21-10-19(26)24-11-16(12-24)25-13-18(22-23-25)14-5-2-1-3-6-14/h1-9,13,16,21H,10-12H2. The van der Waals surface area contributed by atoms with Gasteiger partial charge in [-0.2, -0.15) is 0 Å². The van der Waals surface area contributed by atoms with E-state index in [2.05, 4.69) is 15.0 Å². The van der Waals surface area contributed by atoms with Crippen LogP contribution in [0, 0.1) is 0 Å². The Morgan fingerprint density at radius 1 is 1.14 bits per heavy atom. The Hall–Kier alpha value is -2.75. The quantitative estimate of drug-likeness (QED) is 0.643. The van der Waals surface area contributed by atoms with Crippen LogP contribution in [0.4, 0.5) is 0 Å². The Labute approximate surface area is 173 Å². The van der Waals surface area contributed by atoms with Gasteiger partial charge in [0.2, 0.25) is 15.9 Å². The van der Waals surface area contributed by atoms with Gasteiger partial charge in [0.1, 0.15) is 5.69 Å². The first-order valence-electron chi connectivity index (χ1n) is 8.93. The van der Waals surface area contributed by atoms with Crippen LogP contribution in [0.15, 0.2) is 65.7 Å². The van der Waals surface area contributed by atoms with E-state index in [1.54, 1.807) is 21.7 Å². The topological polar surface area (TPSA) is 97.2 Å². The number of amides is 1. The molecule has 0 saturated carbocycles. The minimum Gasteiger partial charge on any atom is -0.337 e. The molecule has 0 aliphatic carbocycles. The van der Waals surface area contributed by atoms with E-state index < -0.39 is 10.0 Å². The number of benzene rings is 2. The molecular weight excluding hydrogens is 414 g/mol. The van der Waals surface area contributed by atoms with Crippen molar-refractivity contribution < 1.29 is 13.2 Å². The zero-order valence-corrected chi connectivity index (χ0v) is 16.8. The first kappa shape index (κ1) is 19.6. The highest BCUT2D eigenvalue weighted by atomic mass is 35.5. The molecule has 10 heteroatoms. The van der Waals surface area contributed by atoms with Crippen molar-refractivity contribution in [1.29, 1.82) is 0 Å². The number of carbonyl (C=O) groups excluding carboxylic acids is 1. The summed E-state index contributed by atoms with van der Waals surface area (Å²) in [7, 11) is -3.80. The first-order chi connectivity index (χ1) is 13.9. The normalized spacial score (nSPS) is 14.6. The molecule has 0 unspecified atom stereocenters. The molecule has 2 heterocycles. The lowest BCUT2D eigenvalue weighted by Gasteiger charge is -2.38. The molecule has 1 fully saturated rings. The number of aromatic nitrogens is 3. The Morgan fingerprint density at radius 2 is 1.90 bits per heavy atom. The Morgan fingerprint density at radius 3 is 2.62 bits per heavy atom. The number of halogens is 1. The number of rotatable bonds is 6. The second kappa shape index (κ2) is 7.94. The summed E-state index contributed by atoms with van der Waals surface area (Å²) in [5.41, 5.74) is 1.74. The molecule has 0 atom stereocenters. The molecular formula is C19H18ClN5O3S. The van der Waals surface area contributed by atoms with Gasteiger partial charge in [-0.25, -0.2) is 17.8 Å². The van der Waals surface area contributed by atoms with Gasteiger partial charge in [-0.1, -0.05) is 53.2 Å². The van der Waals surface area contributed by atoms with Crippen molar-refractivity contribution in [1.82, 2.24) is 24.6 Å². The van der Waals surface area contributed by atoms with E-state index in [0.717, 1.165) is 11.3 Å². The average Bonchev–Trinajstić information content (AvgIpc) is 3.16. The number of nitrogens with one attached hydrogen (secondary N) is 1. The molecule has 8 nitrogen and oxygen atoms in total. The van der Waals surface area contributed by atoms with E-state index >= 15 is 0 Å². The molecule has 1 amide bonds. The van der Waals surface area contributed by atoms with Crippen LogP contribution in [-0.2, 0) is 14.8 Å². The maximum absolute atomic E-state index is 12.3. The summed E-state index contributed by atoms with van der Waals surface area (Å²) in [6, 6.07) is 15.6. The molecule has 1 aliphatic rings. The monoisotopic (exact) mass is 431 g/mol. The highest BCUT2D eigenvalue weighted by molar-refractivity contribution is 7.89. The number of carbonyl (C=O) groups is 1. The molecule has 3 aromatic rings. The minimum absolute atomic E-state index is 0.0217. The number of hydrogen-bond acceptors (Lipinski definition) is 5. The van der Waals surface area contributed by atoms with Gasteiger partial charge in [-0.3, -0.25) is 4.79 Å². The number of likely N-dealkylation sites (tertiary alicyclic amines) is 1. The smallest absolute Gasteiger partial charge is 0.241 e. The average molecular weight is 432 g/mol. The van der Waals surface area contributed by atoms with Gasteiger partial charge >= 0.3 is 0 Å². The van der Waals surface area contributed by atoms with E-state index in [1.807, 2.05) is 36.5 Å². The van der Waals surface area contributed by atoms with Crippen LogP contribution in [0.2, 0.25) is 5.02 Å². The van der Waals surface area contributed by atoms with Crippen LogP contribution in [0.1, 0.15) is 6.04 Å². The van der Waals surface area contributed by atoms with Gasteiger partial charge in [0, 0.05) is 23.7 Å². The van der Waals surface area contributed by atoms with Crippen molar-refractivity contribution >= 4 is 27.5 Å². The molecule has 29 heavy (non-hydrogen) atoms. The van der Waals surface area contributed by atoms with E-state index in [-0.39, 0.29) is 23.4 Å². The van der Waals surface area contributed by atoms with Crippen LogP contribution in [0.25, 0.3) is 11.3 Å². The van der Waals surface area contributed by atoms with Crippen LogP contribution in [0.3, 0.4) is 0 Å². The van der Waals surface area contributed by atoms with Crippen molar-refractivity contribution in [3.63, 3.8) is 0 Å². The zero-order valence-electron chi connectivity index (χ0n) is 15.3. The van der Waals surface area contributed by atoms with Gasteiger partial charge in [0.15, 0.2) is 0 Å². The summed E-state index contributed by atoms with van der Waals surface area (Å²) in [5.74, 6) is -0.296. The fourth-order valence-electron chi connectivity index (χ4n) is 3.01. The fourth-order valence-corrected chi connectivity index (χ4v) is 4.28. The summed E-state index contributed by atoms with van der Waals surface area (Å²) in [6.45, 7) is 0.596. The predicted molar refractivity (Wildman–Crippen MR) is 108 cm³/mol. The van der Waals surface area contributed by atoms with Crippen molar-refractivity contribution in [3.8, 4) is 11.3 Å². The van der Waals surface area contributed by atoms with Gasteiger partial charge < -0.3 is 4.90 Å². The van der Waals surface area contributed by atoms with E-state index in [4.69, 9.17) is 11.6 Å². The largest absolute Gasteiger partial charge is 0.337 e. The van der Waals surface area contributed by atoms with Crippen LogP contribution in [-0.4, -0.2) is 53.9 Å². The number of hydrogen-bond donors (Lipinski definition) is 1. The zero-order chi connectivity index (χ0) is 20.4. The maximum atomic E-state index is 12.3. The van der Waals surface area contributed by atoms with E-state index in [0.29, 0.717) is 18.1 Å². The third kappa shape index (κ3) is 4.31. The molecule has 0 spiro atoms. The summed E-state index contributed by atoms with van der Waals surface area (Å²) in [4.78, 5) is 13.9. The molecule has 150 valence electrons. The van der Waals surface area contributed by atoms with Crippen LogP contribution in [0.5, 0.6) is 0 Å². The lowest BCUT2D eigenvalue weighted by Crippen LogP contribution is -2.53. The van der Waals surface area contributed by atoms with Gasteiger partial charge in [0.25, 0.3) is 0 Å². The van der Waals surface area contributed by atoms with Gasteiger partial charge in [-0.15, -0.1) is 5.10 Å². The van der Waals surface area contributed by atoms with E-state index in [1.165, 1.54) is 12.1 Å². The van der Waals surface area contributed by atoms with Crippen molar-refractivity contribution in [2.24, 2.45) is 0 Å². The van der Waals surface area contributed by atoms with Crippen molar-refractivity contribution in [3.05, 3.63) is 65.8 Å². The number of nitrogens with zero attached hydrogens (tertiary/aromatic N) is 4. The molecule has 1 aromatic heterocycles. The third-order valence-corrected chi connectivity index (χ3v) is 6.32. The highest BCUT2D eigenvalue weighted by Crippen LogP contribution is 2.23. The SMILES string of the molecule is O=C(CNS(=O)(=O)c1cccc(Cl)c1)N1CC(n2cc(-c3ccccc3)nn2)C1. The van der Waals surface area contributed by atoms with Crippen molar-refractivity contribution in [2.45, 2.75) is 10.9 Å². The molecule has 0 radical (unpaired) electrons. The highest BCUT2D eigenvalue weighted by Gasteiger charge is 2.33. The second-order valence-electron chi connectivity index (χ2n) is 6.68. The second-order valence-corrected chi connectivity index (χ2v) is 8.89. The van der Waals surface area contributed by atoms with E-state index in [9.17, 15) is 13.2 Å². The molecule has 1 aliphatic heterocycles. The first-order valence-corrected chi connectivity index (χ1v) is 10.8. The van der Waals surface area contributed by atoms with Gasteiger partial charge in [-0.05, 0) is 18.2 Å². The molecule has 1 saturated heterocycles. The third-order valence-electron chi connectivity index (χ3n) is 4.69. The predicted octanol–water partition coefficient (Wildman–Crippen LogP) is 1.96. The number of sulfonamides is 1. The van der Waals surface area contributed by atoms with Crippen molar-refractivity contribution in [2.75, 3.05) is 19.6 Å². The molecule has 4 rings (SSSR count). The fraction of sp³-hybridized carbons (Fsp3) is 0.211. The summed E-state index contributed by atoms with van der Waals surface area (Å²) < 4.78 is 28.6. The van der Waals surface area contributed by atoms with Crippen LogP contribution >= 0.6 is 11.6 Å². The lowest BCUT2D eigenvalue weighted by molar-refractivity contribution is -0.135. The Kier molecular flexibility index (Phi) is 5.35. The Balaban J connectivity index is 1.31. The summed E-state index contributed by atoms with van der Waals surface area (Å²) >= 11 is 5.83. The molecule has 1 N–H and O–H groups in total. The summed E-state index contributed by atoms with van der Waals surface area (Å²) in [6.07, 6.45) is 1.85. The lowest BCUT2D eigenvalue weighted by atomic mass is 10.1. The molecule has 2 aromatic carbocycles. The molecule has 0 bridgehead atoms. The van der Waals surface area contributed by atoms with Crippen LogP contribution < -0.4 is 4.72 Å².